The molecular weight excluding hydrogens is 224 g/mol. The maximum absolute atomic E-state index is 11.1. The summed E-state index contributed by atoms with van der Waals surface area (Å²) in [5, 5.41) is 0. The van der Waals surface area contributed by atoms with Crippen LogP contribution in [0.1, 0.15) is 11.6 Å². The largest absolute Gasteiger partial charge is 0.333 e. The Labute approximate surface area is 97.3 Å². The van der Waals surface area contributed by atoms with Crippen molar-refractivity contribution in [3.8, 4) is 0 Å². The van der Waals surface area contributed by atoms with Crippen molar-refractivity contribution < 1.29 is 13.3 Å². The van der Waals surface area contributed by atoms with Gasteiger partial charge in [0.05, 0.1) is 26.9 Å². The summed E-state index contributed by atoms with van der Waals surface area (Å²) in [6.07, 6.45) is 1.18. The Hall–Kier alpha value is -0.910. The highest BCUT2D eigenvalue weighted by molar-refractivity contribution is 7.88. The van der Waals surface area contributed by atoms with Gasteiger partial charge in [0, 0.05) is 5.56 Å². The van der Waals surface area contributed by atoms with E-state index in [4.69, 9.17) is 0 Å². The number of sulfonamides is 1. The summed E-state index contributed by atoms with van der Waals surface area (Å²) in [6.45, 7) is 0.422. The molecule has 0 heterocycles. The van der Waals surface area contributed by atoms with Gasteiger partial charge in [-0.1, -0.05) is 30.3 Å². The van der Waals surface area contributed by atoms with Gasteiger partial charge < -0.3 is 4.90 Å². The average molecular weight is 243 g/mol. The number of hydrogen-bond acceptors (Lipinski definition) is 2. The van der Waals surface area contributed by atoms with Gasteiger partial charge in [0.1, 0.15) is 6.04 Å². The molecule has 0 saturated carbocycles. The lowest BCUT2D eigenvalue weighted by molar-refractivity contribution is -0.890. The predicted octanol–water partition coefficient (Wildman–Crippen LogP) is -0.579. The summed E-state index contributed by atoms with van der Waals surface area (Å²) in [5.41, 5.74) is 1.14. The van der Waals surface area contributed by atoms with Crippen LogP contribution >= 0.6 is 0 Å². The molecule has 2 N–H and O–H groups in total. The predicted molar refractivity (Wildman–Crippen MR) is 64.8 cm³/mol. The molecular formula is C11H19N2O2S+. The van der Waals surface area contributed by atoms with E-state index in [1.54, 1.807) is 0 Å². The molecule has 1 atom stereocenters. The molecule has 0 amide bonds. The van der Waals surface area contributed by atoms with E-state index < -0.39 is 10.0 Å². The van der Waals surface area contributed by atoms with E-state index in [2.05, 4.69) is 4.72 Å². The van der Waals surface area contributed by atoms with Gasteiger partial charge in [0.15, 0.2) is 0 Å². The summed E-state index contributed by atoms with van der Waals surface area (Å²) in [7, 11) is 0.907. The van der Waals surface area contributed by atoms with E-state index in [1.165, 1.54) is 11.2 Å². The third kappa shape index (κ3) is 4.30. The second kappa shape index (κ2) is 5.43. The fourth-order valence-electron chi connectivity index (χ4n) is 1.58. The quantitative estimate of drug-likeness (QED) is 0.727. The lowest BCUT2D eigenvalue weighted by atomic mass is 10.1. The Morgan fingerprint density at radius 1 is 1.25 bits per heavy atom. The molecule has 0 bridgehead atoms. The summed E-state index contributed by atoms with van der Waals surface area (Å²) >= 11 is 0. The van der Waals surface area contributed by atoms with Crippen molar-refractivity contribution in [2.24, 2.45) is 0 Å². The first kappa shape index (κ1) is 13.2. The summed E-state index contributed by atoms with van der Waals surface area (Å²) in [5.74, 6) is 0. The van der Waals surface area contributed by atoms with Crippen molar-refractivity contribution in [2.75, 3.05) is 26.9 Å². The van der Waals surface area contributed by atoms with E-state index in [-0.39, 0.29) is 6.04 Å². The molecule has 5 heteroatoms. The van der Waals surface area contributed by atoms with Crippen LogP contribution in [0.15, 0.2) is 30.3 Å². The molecule has 16 heavy (non-hydrogen) atoms. The van der Waals surface area contributed by atoms with Gasteiger partial charge in [0.25, 0.3) is 0 Å². The summed E-state index contributed by atoms with van der Waals surface area (Å²) in [6, 6.07) is 10.0. The van der Waals surface area contributed by atoms with Crippen LogP contribution in [0.25, 0.3) is 0 Å². The standard InChI is InChI=1S/C11H18N2O2S/c1-13(2)11(9-12-16(3,14)15)10-7-5-4-6-8-10/h4-8,11-12H,9H2,1-3H3/p+1/t11-/m1/s1. The van der Waals surface area contributed by atoms with E-state index in [1.807, 2.05) is 44.4 Å². The lowest BCUT2D eigenvalue weighted by Gasteiger charge is -2.21. The van der Waals surface area contributed by atoms with E-state index in [0.717, 1.165) is 5.56 Å². The first-order valence-corrected chi connectivity index (χ1v) is 7.09. The number of rotatable bonds is 5. The molecule has 0 aliphatic carbocycles. The van der Waals surface area contributed by atoms with Crippen molar-refractivity contribution in [3.05, 3.63) is 35.9 Å². The minimum atomic E-state index is -3.12. The second-order valence-electron chi connectivity index (χ2n) is 4.16. The van der Waals surface area contributed by atoms with Crippen LogP contribution in [0.4, 0.5) is 0 Å². The van der Waals surface area contributed by atoms with Crippen molar-refractivity contribution in [1.29, 1.82) is 0 Å². The minimum Gasteiger partial charge on any atom is -0.333 e. The molecule has 1 aromatic carbocycles. The van der Waals surface area contributed by atoms with Crippen molar-refractivity contribution in [2.45, 2.75) is 6.04 Å². The third-order valence-electron chi connectivity index (χ3n) is 2.45. The third-order valence-corrected chi connectivity index (χ3v) is 3.14. The molecule has 0 saturated heterocycles. The van der Waals surface area contributed by atoms with Crippen LogP contribution in [-0.4, -0.2) is 35.3 Å². The molecule has 1 aromatic rings. The highest BCUT2D eigenvalue weighted by Crippen LogP contribution is 2.07. The smallest absolute Gasteiger partial charge is 0.208 e. The molecule has 1 rings (SSSR count). The Morgan fingerprint density at radius 2 is 1.81 bits per heavy atom. The SMILES string of the molecule is C[NH+](C)[C@H](CNS(C)(=O)=O)c1ccccc1. The number of hydrogen-bond donors (Lipinski definition) is 2. The first-order chi connectivity index (χ1) is 7.40. The lowest BCUT2D eigenvalue weighted by Crippen LogP contribution is -3.07. The van der Waals surface area contributed by atoms with Crippen LogP contribution < -0.4 is 9.62 Å². The Morgan fingerprint density at radius 3 is 2.25 bits per heavy atom. The van der Waals surface area contributed by atoms with Crippen LogP contribution in [0.2, 0.25) is 0 Å². The Kier molecular flexibility index (Phi) is 4.46. The monoisotopic (exact) mass is 243 g/mol. The molecule has 0 aliphatic rings. The maximum Gasteiger partial charge on any atom is 0.208 e. The zero-order valence-electron chi connectivity index (χ0n) is 9.90. The van der Waals surface area contributed by atoms with Crippen molar-refractivity contribution in [3.63, 3.8) is 0 Å². The van der Waals surface area contributed by atoms with Crippen LogP contribution in [0.5, 0.6) is 0 Å². The number of quaternary nitrogens is 1. The van der Waals surface area contributed by atoms with Gasteiger partial charge in [-0.05, 0) is 0 Å². The van der Waals surface area contributed by atoms with Crippen molar-refractivity contribution >= 4 is 10.0 Å². The molecule has 0 unspecified atom stereocenters. The molecule has 0 aliphatic heterocycles. The molecule has 0 aromatic heterocycles. The molecule has 0 fully saturated rings. The normalized spacial score (nSPS) is 14.0. The molecule has 4 nitrogen and oxygen atoms in total. The molecule has 0 radical (unpaired) electrons. The van der Waals surface area contributed by atoms with Gasteiger partial charge in [-0.15, -0.1) is 0 Å². The summed E-state index contributed by atoms with van der Waals surface area (Å²) in [4.78, 5) is 1.20. The second-order valence-corrected chi connectivity index (χ2v) is 5.99. The fourth-order valence-corrected chi connectivity index (χ4v) is 2.04. The zero-order valence-corrected chi connectivity index (χ0v) is 10.7. The van der Waals surface area contributed by atoms with Gasteiger partial charge >= 0.3 is 0 Å². The molecule has 0 spiro atoms. The van der Waals surface area contributed by atoms with Crippen LogP contribution in [0.3, 0.4) is 0 Å². The topological polar surface area (TPSA) is 50.6 Å². The van der Waals surface area contributed by atoms with Gasteiger partial charge in [-0.2, -0.15) is 0 Å². The van der Waals surface area contributed by atoms with E-state index >= 15 is 0 Å². The van der Waals surface area contributed by atoms with Gasteiger partial charge in [-0.3, -0.25) is 0 Å². The number of benzene rings is 1. The Bertz CT molecular complexity index is 415. The maximum atomic E-state index is 11.1. The zero-order chi connectivity index (χ0) is 12.2. The van der Waals surface area contributed by atoms with E-state index in [9.17, 15) is 8.42 Å². The van der Waals surface area contributed by atoms with Crippen molar-refractivity contribution in [1.82, 2.24) is 4.72 Å². The van der Waals surface area contributed by atoms with E-state index in [0.29, 0.717) is 6.54 Å². The highest BCUT2D eigenvalue weighted by atomic mass is 32.2. The molecule has 90 valence electrons. The average Bonchev–Trinajstić information content (AvgIpc) is 2.17. The fraction of sp³-hybridized carbons (Fsp3) is 0.455. The number of nitrogens with one attached hydrogen (secondary N) is 2. The van der Waals surface area contributed by atoms with Crippen LogP contribution in [-0.2, 0) is 10.0 Å². The first-order valence-electron chi connectivity index (χ1n) is 5.20. The minimum absolute atomic E-state index is 0.135. The van der Waals surface area contributed by atoms with Crippen LogP contribution in [0, 0.1) is 0 Å². The van der Waals surface area contributed by atoms with Gasteiger partial charge in [0.2, 0.25) is 10.0 Å². The van der Waals surface area contributed by atoms with Gasteiger partial charge in [-0.25, -0.2) is 13.1 Å². The Balaban J connectivity index is 2.77. The number of likely N-dealkylation sites (N-methyl/N-ethyl adjacent to an activating group) is 1. The highest BCUT2D eigenvalue weighted by Gasteiger charge is 2.18. The summed E-state index contributed by atoms with van der Waals surface area (Å²) < 4.78 is 24.7.